The van der Waals surface area contributed by atoms with E-state index in [1.807, 2.05) is 7.05 Å². The molecule has 0 amide bonds. The predicted molar refractivity (Wildman–Crippen MR) is 33.6 cm³/mol. The van der Waals surface area contributed by atoms with E-state index in [0.29, 0.717) is 0 Å². The van der Waals surface area contributed by atoms with E-state index in [9.17, 15) is 0 Å². The standard InChI is InChI=1S/C6H12N/c1-6(2)4-5-7-3/h4H,5H2,1-3H3/q-1. The SMILES string of the molecule is C[N-]CC=C(C)C. The Morgan fingerprint density at radius 2 is 2.14 bits per heavy atom. The van der Waals surface area contributed by atoms with Crippen molar-refractivity contribution in [2.45, 2.75) is 13.8 Å². The maximum Gasteiger partial charge on any atom is -0.0443 e. The van der Waals surface area contributed by atoms with Crippen LogP contribution in [0, 0.1) is 0 Å². The van der Waals surface area contributed by atoms with Crippen LogP contribution in [0.4, 0.5) is 0 Å². The van der Waals surface area contributed by atoms with Crippen LogP contribution in [-0.4, -0.2) is 13.6 Å². The van der Waals surface area contributed by atoms with E-state index in [1.54, 1.807) is 0 Å². The minimum absolute atomic E-state index is 0.863. The molecule has 0 atom stereocenters. The second-order valence-electron chi connectivity index (χ2n) is 1.78. The summed E-state index contributed by atoms with van der Waals surface area (Å²) in [5.41, 5.74) is 1.34. The van der Waals surface area contributed by atoms with Crippen LogP contribution in [0.1, 0.15) is 13.8 Å². The fourth-order valence-corrected chi connectivity index (χ4v) is 0.274. The molecular weight excluding hydrogens is 86.1 g/mol. The maximum atomic E-state index is 3.90. The molecule has 0 bridgehead atoms. The quantitative estimate of drug-likeness (QED) is 0.469. The zero-order valence-electron chi connectivity index (χ0n) is 5.23. The highest BCUT2D eigenvalue weighted by Gasteiger charge is 1.65. The Labute approximate surface area is 45.4 Å². The number of nitrogens with zero attached hydrogens (tertiary/aromatic N) is 1. The molecule has 1 heteroatoms. The van der Waals surface area contributed by atoms with Crippen molar-refractivity contribution in [3.63, 3.8) is 0 Å². The first kappa shape index (κ1) is 6.70. The molecule has 0 saturated carbocycles. The molecule has 0 aliphatic heterocycles. The van der Waals surface area contributed by atoms with Crippen molar-refractivity contribution in [1.29, 1.82) is 0 Å². The fraction of sp³-hybridized carbons (Fsp3) is 0.667. The Balaban J connectivity index is 3.08. The van der Waals surface area contributed by atoms with Crippen molar-refractivity contribution in [3.05, 3.63) is 17.0 Å². The molecule has 0 aromatic heterocycles. The van der Waals surface area contributed by atoms with Crippen LogP contribution in [-0.2, 0) is 0 Å². The predicted octanol–water partition coefficient (Wildman–Crippen LogP) is 1.96. The Morgan fingerprint density at radius 3 is 2.29 bits per heavy atom. The number of likely N-dealkylation sites (N-methyl/N-ethyl adjacent to an activating group) is 1. The highest BCUT2D eigenvalue weighted by Crippen LogP contribution is 1.88. The fourth-order valence-electron chi connectivity index (χ4n) is 0.274. The molecule has 0 spiro atoms. The Bertz CT molecular complexity index is 60.6. The van der Waals surface area contributed by atoms with E-state index in [-0.39, 0.29) is 0 Å². The first-order valence-corrected chi connectivity index (χ1v) is 2.46. The van der Waals surface area contributed by atoms with Crippen LogP contribution in [0.2, 0.25) is 0 Å². The van der Waals surface area contributed by atoms with Gasteiger partial charge in [0, 0.05) is 0 Å². The molecule has 7 heavy (non-hydrogen) atoms. The van der Waals surface area contributed by atoms with Crippen LogP contribution in [0.25, 0.3) is 5.32 Å². The van der Waals surface area contributed by atoms with Crippen molar-refractivity contribution >= 4 is 0 Å². The van der Waals surface area contributed by atoms with Crippen LogP contribution in [0.3, 0.4) is 0 Å². The zero-order valence-corrected chi connectivity index (χ0v) is 5.23. The first-order chi connectivity index (χ1) is 3.27. The van der Waals surface area contributed by atoms with Gasteiger partial charge in [-0.1, -0.05) is 5.57 Å². The van der Waals surface area contributed by atoms with Gasteiger partial charge >= 0.3 is 0 Å². The lowest BCUT2D eigenvalue weighted by atomic mass is 10.3. The van der Waals surface area contributed by atoms with Gasteiger partial charge in [0.15, 0.2) is 0 Å². The van der Waals surface area contributed by atoms with E-state index in [4.69, 9.17) is 0 Å². The molecule has 0 aliphatic carbocycles. The number of allylic oxidation sites excluding steroid dienone is 1. The summed E-state index contributed by atoms with van der Waals surface area (Å²) in [5, 5.41) is 3.90. The molecule has 0 aromatic rings. The average Bonchev–Trinajstić information content (AvgIpc) is 1.61. The summed E-state index contributed by atoms with van der Waals surface area (Å²) in [6.07, 6.45) is 2.10. The minimum Gasteiger partial charge on any atom is -0.662 e. The number of hydrogen-bond donors (Lipinski definition) is 0. The zero-order chi connectivity index (χ0) is 5.70. The van der Waals surface area contributed by atoms with Gasteiger partial charge in [0.2, 0.25) is 0 Å². The second kappa shape index (κ2) is 3.88. The van der Waals surface area contributed by atoms with Crippen LogP contribution >= 0.6 is 0 Å². The van der Waals surface area contributed by atoms with Gasteiger partial charge in [-0.15, -0.1) is 12.6 Å². The molecule has 0 rings (SSSR count). The lowest BCUT2D eigenvalue weighted by Gasteiger charge is -2.03. The van der Waals surface area contributed by atoms with E-state index in [1.165, 1.54) is 5.57 Å². The van der Waals surface area contributed by atoms with Crippen LogP contribution < -0.4 is 0 Å². The van der Waals surface area contributed by atoms with Gasteiger partial charge in [-0.2, -0.15) is 7.05 Å². The van der Waals surface area contributed by atoms with Crippen molar-refractivity contribution in [2.24, 2.45) is 0 Å². The highest BCUT2D eigenvalue weighted by atomic mass is 14.8. The minimum atomic E-state index is 0.863. The molecular formula is C6H12N-. The van der Waals surface area contributed by atoms with Gasteiger partial charge in [0.05, 0.1) is 0 Å². The third kappa shape index (κ3) is 5.70. The molecule has 0 aliphatic rings. The summed E-state index contributed by atoms with van der Waals surface area (Å²) in [5.74, 6) is 0. The molecule has 42 valence electrons. The normalized spacial score (nSPS) is 8.43. The Hall–Kier alpha value is -0.300. The summed E-state index contributed by atoms with van der Waals surface area (Å²) in [6.45, 7) is 5.01. The first-order valence-electron chi connectivity index (χ1n) is 2.46. The summed E-state index contributed by atoms with van der Waals surface area (Å²) < 4.78 is 0. The van der Waals surface area contributed by atoms with Gasteiger partial charge in [0.25, 0.3) is 0 Å². The van der Waals surface area contributed by atoms with Crippen LogP contribution in [0.15, 0.2) is 11.6 Å². The molecule has 0 N–H and O–H groups in total. The molecule has 0 heterocycles. The van der Waals surface area contributed by atoms with Gasteiger partial charge in [-0.3, -0.25) is 0 Å². The van der Waals surface area contributed by atoms with Crippen molar-refractivity contribution in [2.75, 3.05) is 13.6 Å². The largest absolute Gasteiger partial charge is 0.662 e. The third-order valence-corrected chi connectivity index (χ3v) is 0.682. The average molecular weight is 98.2 g/mol. The van der Waals surface area contributed by atoms with Gasteiger partial charge in [-0.05, 0) is 13.8 Å². The van der Waals surface area contributed by atoms with Gasteiger partial charge < -0.3 is 5.32 Å². The van der Waals surface area contributed by atoms with Crippen molar-refractivity contribution in [3.8, 4) is 0 Å². The number of rotatable bonds is 2. The van der Waals surface area contributed by atoms with Crippen LogP contribution in [0.5, 0.6) is 0 Å². The smallest absolute Gasteiger partial charge is 0.0443 e. The van der Waals surface area contributed by atoms with E-state index in [0.717, 1.165) is 6.54 Å². The third-order valence-electron chi connectivity index (χ3n) is 0.682. The summed E-state index contributed by atoms with van der Waals surface area (Å²) in [7, 11) is 1.82. The molecule has 0 radical (unpaired) electrons. The lowest BCUT2D eigenvalue weighted by Crippen LogP contribution is -1.73. The van der Waals surface area contributed by atoms with Crippen molar-refractivity contribution in [1.82, 2.24) is 0 Å². The molecule has 1 nitrogen and oxygen atoms in total. The number of hydrogen-bond acceptors (Lipinski definition) is 0. The van der Waals surface area contributed by atoms with E-state index < -0.39 is 0 Å². The lowest BCUT2D eigenvalue weighted by molar-refractivity contribution is 1.29. The summed E-state index contributed by atoms with van der Waals surface area (Å²) >= 11 is 0. The topological polar surface area (TPSA) is 14.1 Å². The van der Waals surface area contributed by atoms with Gasteiger partial charge in [0.1, 0.15) is 0 Å². The highest BCUT2D eigenvalue weighted by molar-refractivity contribution is 4.99. The van der Waals surface area contributed by atoms with E-state index in [2.05, 4.69) is 25.2 Å². The molecule has 0 unspecified atom stereocenters. The summed E-state index contributed by atoms with van der Waals surface area (Å²) in [6, 6.07) is 0. The molecule has 0 saturated heterocycles. The molecule has 0 fully saturated rings. The summed E-state index contributed by atoms with van der Waals surface area (Å²) in [4.78, 5) is 0. The maximum absolute atomic E-state index is 3.90. The second-order valence-corrected chi connectivity index (χ2v) is 1.78. The van der Waals surface area contributed by atoms with Gasteiger partial charge in [-0.25, -0.2) is 0 Å². The molecule has 0 aromatic carbocycles. The monoisotopic (exact) mass is 98.1 g/mol. The Morgan fingerprint density at radius 1 is 1.57 bits per heavy atom. The Kier molecular flexibility index (Phi) is 3.71. The van der Waals surface area contributed by atoms with Crippen molar-refractivity contribution < 1.29 is 0 Å². The van der Waals surface area contributed by atoms with E-state index >= 15 is 0 Å².